The van der Waals surface area contributed by atoms with E-state index < -0.39 is 0 Å². The zero-order valence-corrected chi connectivity index (χ0v) is 10.4. The second-order valence-electron chi connectivity index (χ2n) is 4.11. The lowest BCUT2D eigenvalue weighted by Gasteiger charge is -2.41. The van der Waals surface area contributed by atoms with Crippen molar-refractivity contribution in [1.29, 1.82) is 0 Å². The SMILES string of the molecule is COc1cccc(C2(CO)CCC2)c1Br. The summed E-state index contributed by atoms with van der Waals surface area (Å²) in [6, 6.07) is 5.98. The van der Waals surface area contributed by atoms with Gasteiger partial charge >= 0.3 is 0 Å². The zero-order chi connectivity index (χ0) is 10.9. The maximum atomic E-state index is 9.52. The average Bonchev–Trinajstić information content (AvgIpc) is 2.20. The highest BCUT2D eigenvalue weighted by Gasteiger charge is 2.39. The molecule has 2 nitrogen and oxygen atoms in total. The summed E-state index contributed by atoms with van der Waals surface area (Å²) in [7, 11) is 1.66. The van der Waals surface area contributed by atoms with Crippen molar-refractivity contribution in [2.45, 2.75) is 24.7 Å². The molecule has 15 heavy (non-hydrogen) atoms. The highest BCUT2D eigenvalue weighted by molar-refractivity contribution is 9.10. The van der Waals surface area contributed by atoms with Crippen LogP contribution in [0.2, 0.25) is 0 Å². The van der Waals surface area contributed by atoms with Crippen LogP contribution in [-0.2, 0) is 5.41 Å². The summed E-state index contributed by atoms with van der Waals surface area (Å²) >= 11 is 3.56. The molecular weight excluding hydrogens is 256 g/mol. The van der Waals surface area contributed by atoms with Crippen LogP contribution in [-0.4, -0.2) is 18.8 Å². The number of ether oxygens (including phenoxy) is 1. The highest BCUT2D eigenvalue weighted by Crippen LogP contribution is 2.47. The van der Waals surface area contributed by atoms with Gasteiger partial charge in [-0.1, -0.05) is 18.6 Å². The number of hydrogen-bond acceptors (Lipinski definition) is 2. The number of methoxy groups -OCH3 is 1. The Bertz CT molecular complexity index is 353. The molecule has 1 aromatic carbocycles. The van der Waals surface area contributed by atoms with E-state index in [9.17, 15) is 5.11 Å². The van der Waals surface area contributed by atoms with Crippen molar-refractivity contribution in [2.75, 3.05) is 13.7 Å². The van der Waals surface area contributed by atoms with Gasteiger partial charge in [0.15, 0.2) is 0 Å². The van der Waals surface area contributed by atoms with Gasteiger partial charge in [-0.3, -0.25) is 0 Å². The van der Waals surface area contributed by atoms with E-state index >= 15 is 0 Å². The van der Waals surface area contributed by atoms with Crippen molar-refractivity contribution in [1.82, 2.24) is 0 Å². The fraction of sp³-hybridized carbons (Fsp3) is 0.500. The van der Waals surface area contributed by atoms with E-state index in [0.29, 0.717) is 0 Å². The lowest BCUT2D eigenvalue weighted by molar-refractivity contribution is 0.119. The number of hydrogen-bond donors (Lipinski definition) is 1. The molecule has 1 aliphatic carbocycles. The van der Waals surface area contributed by atoms with Crippen LogP contribution in [0.3, 0.4) is 0 Å². The number of halogens is 1. The molecule has 0 radical (unpaired) electrons. The van der Waals surface area contributed by atoms with Crippen LogP contribution < -0.4 is 4.74 Å². The average molecular weight is 271 g/mol. The van der Waals surface area contributed by atoms with Gasteiger partial charge in [-0.25, -0.2) is 0 Å². The van der Waals surface area contributed by atoms with Crippen molar-refractivity contribution < 1.29 is 9.84 Å². The molecule has 0 saturated heterocycles. The summed E-state index contributed by atoms with van der Waals surface area (Å²) in [6.45, 7) is 0.221. The third-order valence-corrected chi connectivity index (χ3v) is 4.19. The molecule has 1 N–H and O–H groups in total. The topological polar surface area (TPSA) is 29.5 Å². The Morgan fingerprint density at radius 2 is 2.20 bits per heavy atom. The monoisotopic (exact) mass is 270 g/mol. The van der Waals surface area contributed by atoms with E-state index in [4.69, 9.17) is 4.74 Å². The summed E-state index contributed by atoms with van der Waals surface area (Å²) in [6.07, 6.45) is 3.33. The summed E-state index contributed by atoms with van der Waals surface area (Å²) in [4.78, 5) is 0. The van der Waals surface area contributed by atoms with Crippen molar-refractivity contribution in [3.8, 4) is 5.75 Å². The molecule has 1 aromatic rings. The van der Waals surface area contributed by atoms with Crippen LogP contribution in [0.4, 0.5) is 0 Å². The van der Waals surface area contributed by atoms with Crippen molar-refractivity contribution in [3.05, 3.63) is 28.2 Å². The Balaban J connectivity index is 2.43. The normalized spacial score (nSPS) is 18.3. The Morgan fingerprint density at radius 1 is 1.47 bits per heavy atom. The van der Waals surface area contributed by atoms with Crippen LogP contribution in [0.15, 0.2) is 22.7 Å². The van der Waals surface area contributed by atoms with Crippen molar-refractivity contribution >= 4 is 15.9 Å². The molecule has 0 atom stereocenters. The van der Waals surface area contributed by atoms with Gasteiger partial charge < -0.3 is 9.84 Å². The molecular formula is C12H15BrO2. The van der Waals surface area contributed by atoms with Crippen molar-refractivity contribution in [2.24, 2.45) is 0 Å². The summed E-state index contributed by atoms with van der Waals surface area (Å²) in [5.74, 6) is 0.840. The van der Waals surface area contributed by atoms with E-state index in [1.807, 2.05) is 12.1 Å². The van der Waals surface area contributed by atoms with Gasteiger partial charge in [-0.05, 0) is 40.4 Å². The minimum atomic E-state index is -0.0344. The molecule has 0 spiro atoms. The Kier molecular flexibility index (Phi) is 3.03. The molecule has 82 valence electrons. The number of rotatable bonds is 3. The molecule has 0 aliphatic heterocycles. The fourth-order valence-electron chi connectivity index (χ4n) is 2.19. The van der Waals surface area contributed by atoms with E-state index in [2.05, 4.69) is 22.0 Å². The summed E-state index contributed by atoms with van der Waals surface area (Å²) < 4.78 is 6.25. The zero-order valence-electron chi connectivity index (χ0n) is 8.79. The third kappa shape index (κ3) is 1.68. The first kappa shape index (κ1) is 11.0. The molecule has 1 aliphatic rings. The fourth-order valence-corrected chi connectivity index (χ4v) is 3.04. The van der Waals surface area contributed by atoms with Gasteiger partial charge in [0.05, 0.1) is 18.2 Å². The molecule has 3 heteroatoms. The van der Waals surface area contributed by atoms with E-state index in [0.717, 1.165) is 23.1 Å². The van der Waals surface area contributed by atoms with Gasteiger partial charge in [0.1, 0.15) is 5.75 Å². The van der Waals surface area contributed by atoms with Crippen LogP contribution in [0, 0.1) is 0 Å². The Hall–Kier alpha value is -0.540. The Labute approximate surface area is 98.4 Å². The van der Waals surface area contributed by atoms with Gasteiger partial charge in [0.2, 0.25) is 0 Å². The first-order chi connectivity index (χ1) is 7.23. The second-order valence-corrected chi connectivity index (χ2v) is 4.91. The van der Waals surface area contributed by atoms with Gasteiger partial charge in [-0.2, -0.15) is 0 Å². The van der Waals surface area contributed by atoms with Crippen LogP contribution in [0.5, 0.6) is 5.75 Å². The maximum Gasteiger partial charge on any atom is 0.133 e. The molecule has 2 rings (SSSR count). The van der Waals surface area contributed by atoms with Gasteiger partial charge in [0.25, 0.3) is 0 Å². The molecule has 0 amide bonds. The number of benzene rings is 1. The molecule has 0 heterocycles. The number of aliphatic hydroxyl groups is 1. The Morgan fingerprint density at radius 3 is 2.67 bits per heavy atom. The third-order valence-electron chi connectivity index (χ3n) is 3.37. The van der Waals surface area contributed by atoms with Gasteiger partial charge in [0, 0.05) is 5.41 Å². The van der Waals surface area contributed by atoms with Gasteiger partial charge in [-0.15, -0.1) is 0 Å². The lowest BCUT2D eigenvalue weighted by atomic mass is 9.65. The quantitative estimate of drug-likeness (QED) is 0.916. The van der Waals surface area contributed by atoms with E-state index in [-0.39, 0.29) is 12.0 Å². The largest absolute Gasteiger partial charge is 0.496 e. The minimum absolute atomic E-state index is 0.0344. The van der Waals surface area contributed by atoms with Crippen molar-refractivity contribution in [3.63, 3.8) is 0 Å². The molecule has 0 unspecified atom stereocenters. The summed E-state index contributed by atoms with van der Waals surface area (Å²) in [5, 5.41) is 9.52. The highest BCUT2D eigenvalue weighted by atomic mass is 79.9. The smallest absolute Gasteiger partial charge is 0.133 e. The maximum absolute atomic E-state index is 9.52. The van der Waals surface area contributed by atoms with Crippen LogP contribution in [0.1, 0.15) is 24.8 Å². The lowest BCUT2D eigenvalue weighted by Crippen LogP contribution is -2.38. The van der Waals surface area contributed by atoms with E-state index in [1.165, 1.54) is 12.0 Å². The molecule has 1 saturated carbocycles. The predicted octanol–water partition coefficient (Wildman–Crippen LogP) is 2.87. The number of aliphatic hydroxyl groups excluding tert-OH is 1. The summed E-state index contributed by atoms with van der Waals surface area (Å²) in [5.41, 5.74) is 1.14. The second kappa shape index (κ2) is 4.14. The van der Waals surface area contributed by atoms with Crippen LogP contribution >= 0.6 is 15.9 Å². The predicted molar refractivity (Wildman–Crippen MR) is 63.3 cm³/mol. The van der Waals surface area contributed by atoms with Crippen LogP contribution in [0.25, 0.3) is 0 Å². The molecule has 0 aromatic heterocycles. The standard InChI is InChI=1S/C12H15BrO2/c1-15-10-5-2-4-9(11(10)13)12(8-14)6-3-7-12/h2,4-5,14H,3,6-8H2,1H3. The first-order valence-electron chi connectivity index (χ1n) is 5.17. The first-order valence-corrected chi connectivity index (χ1v) is 5.97. The minimum Gasteiger partial charge on any atom is -0.496 e. The van der Waals surface area contributed by atoms with E-state index in [1.54, 1.807) is 7.11 Å². The molecule has 1 fully saturated rings. The molecule has 0 bridgehead atoms.